The summed E-state index contributed by atoms with van der Waals surface area (Å²) in [5.74, 6) is 6.37. The number of allylic oxidation sites excluding steroid dienone is 3. The predicted molar refractivity (Wildman–Crippen MR) is 65.5 cm³/mol. The van der Waals surface area contributed by atoms with Crippen molar-refractivity contribution in [3.8, 4) is 11.8 Å². The Hall–Kier alpha value is -1.29. The Morgan fingerprint density at radius 3 is 2.60 bits per heavy atom. The average molecular weight is 204 g/mol. The third kappa shape index (κ3) is 10.6. The Labute approximate surface area is 93.3 Å². The molecule has 1 nitrogen and oxygen atoms in total. The van der Waals surface area contributed by atoms with Gasteiger partial charge in [-0.05, 0) is 19.8 Å². The molecule has 0 aromatic heterocycles. The summed E-state index contributed by atoms with van der Waals surface area (Å²) in [4.78, 5) is 11.2. The Bertz CT molecular complexity index is 263. The van der Waals surface area contributed by atoms with Crippen molar-refractivity contribution < 1.29 is 4.79 Å². The van der Waals surface area contributed by atoms with Crippen molar-refractivity contribution in [1.82, 2.24) is 0 Å². The predicted octanol–water partition coefficient (Wildman–Crippen LogP) is 3.66. The third-order valence-electron chi connectivity index (χ3n) is 1.95. The summed E-state index contributed by atoms with van der Waals surface area (Å²) in [6, 6.07) is 0. The van der Waals surface area contributed by atoms with Gasteiger partial charge in [-0.2, -0.15) is 0 Å². The second-order valence-corrected chi connectivity index (χ2v) is 3.33. The fourth-order valence-electron chi connectivity index (χ4n) is 1.09. The van der Waals surface area contributed by atoms with E-state index in [1.54, 1.807) is 6.08 Å². The summed E-state index contributed by atoms with van der Waals surface area (Å²) in [7, 11) is 0. The van der Waals surface area contributed by atoms with Gasteiger partial charge in [0.15, 0.2) is 0 Å². The van der Waals surface area contributed by atoms with Gasteiger partial charge in [0.1, 0.15) is 5.78 Å². The lowest BCUT2D eigenvalue weighted by Gasteiger charge is -1.92. The van der Waals surface area contributed by atoms with E-state index in [-0.39, 0.29) is 5.78 Å². The van der Waals surface area contributed by atoms with E-state index in [0.29, 0.717) is 19.3 Å². The number of ketones is 1. The van der Waals surface area contributed by atoms with Gasteiger partial charge < -0.3 is 0 Å². The molecule has 82 valence electrons. The lowest BCUT2D eigenvalue weighted by Crippen LogP contribution is -1.95. The Morgan fingerprint density at radius 2 is 1.93 bits per heavy atom. The van der Waals surface area contributed by atoms with Crippen LogP contribution in [0.3, 0.4) is 0 Å². The van der Waals surface area contributed by atoms with Crippen molar-refractivity contribution in [2.24, 2.45) is 0 Å². The number of carbonyl (C=O) groups excluding carboxylic acids is 1. The SMILES string of the molecule is C=CCCC(=O)CCC#CCC/C=C\C. The zero-order chi connectivity index (χ0) is 11.4. The minimum atomic E-state index is 0.289. The maximum atomic E-state index is 11.2. The fraction of sp³-hybridized carbons (Fsp3) is 0.500. The molecule has 0 bridgehead atoms. The normalized spacial score (nSPS) is 9.67. The molecule has 0 aromatic rings. The molecule has 0 heterocycles. The lowest BCUT2D eigenvalue weighted by molar-refractivity contribution is -0.118. The highest BCUT2D eigenvalue weighted by atomic mass is 16.1. The molecule has 0 radical (unpaired) electrons. The molecule has 0 aliphatic rings. The van der Waals surface area contributed by atoms with Crippen LogP contribution in [0.5, 0.6) is 0 Å². The van der Waals surface area contributed by atoms with Crippen LogP contribution >= 0.6 is 0 Å². The second kappa shape index (κ2) is 10.8. The standard InChI is InChI=1S/C14H20O/c1-3-5-7-8-9-10-11-13-14(15)12-6-4-2/h3-5H,2,6-8,11-13H2,1H3/b5-3-. The van der Waals surface area contributed by atoms with Gasteiger partial charge in [0.05, 0.1) is 0 Å². The first-order chi connectivity index (χ1) is 7.31. The third-order valence-corrected chi connectivity index (χ3v) is 1.95. The number of unbranched alkanes of at least 4 members (excludes halogenated alkanes) is 1. The van der Waals surface area contributed by atoms with E-state index in [2.05, 4.69) is 24.5 Å². The summed E-state index contributed by atoms with van der Waals surface area (Å²) in [6.45, 7) is 5.59. The van der Waals surface area contributed by atoms with Crippen LogP contribution < -0.4 is 0 Å². The van der Waals surface area contributed by atoms with Gasteiger partial charge in [-0.3, -0.25) is 4.79 Å². The van der Waals surface area contributed by atoms with Gasteiger partial charge >= 0.3 is 0 Å². The summed E-state index contributed by atoms with van der Waals surface area (Å²) in [5, 5.41) is 0. The van der Waals surface area contributed by atoms with E-state index in [0.717, 1.165) is 19.3 Å². The second-order valence-electron chi connectivity index (χ2n) is 3.33. The molecule has 0 unspecified atom stereocenters. The Morgan fingerprint density at radius 1 is 1.20 bits per heavy atom. The van der Waals surface area contributed by atoms with Crippen molar-refractivity contribution in [3.05, 3.63) is 24.8 Å². The largest absolute Gasteiger partial charge is 0.300 e. The van der Waals surface area contributed by atoms with Crippen LogP contribution in [-0.2, 0) is 4.79 Å². The van der Waals surface area contributed by atoms with Crippen LogP contribution in [0, 0.1) is 11.8 Å². The smallest absolute Gasteiger partial charge is 0.134 e. The molecular weight excluding hydrogens is 184 g/mol. The highest BCUT2D eigenvalue weighted by Crippen LogP contribution is 1.98. The van der Waals surface area contributed by atoms with Gasteiger partial charge in [0.25, 0.3) is 0 Å². The molecule has 0 aliphatic carbocycles. The first kappa shape index (κ1) is 13.7. The van der Waals surface area contributed by atoms with Crippen LogP contribution in [-0.4, -0.2) is 5.78 Å². The van der Waals surface area contributed by atoms with Crippen LogP contribution in [0.1, 0.15) is 45.4 Å². The van der Waals surface area contributed by atoms with E-state index in [1.165, 1.54) is 0 Å². The summed E-state index contributed by atoms with van der Waals surface area (Å²) in [5.41, 5.74) is 0. The van der Waals surface area contributed by atoms with Crippen LogP contribution in [0.4, 0.5) is 0 Å². The molecule has 15 heavy (non-hydrogen) atoms. The summed E-state index contributed by atoms with van der Waals surface area (Å²) >= 11 is 0. The minimum absolute atomic E-state index is 0.289. The molecule has 0 saturated carbocycles. The van der Waals surface area contributed by atoms with Gasteiger partial charge in [0.2, 0.25) is 0 Å². The fourth-order valence-corrected chi connectivity index (χ4v) is 1.09. The molecule has 0 aromatic carbocycles. The lowest BCUT2D eigenvalue weighted by atomic mass is 10.1. The highest BCUT2D eigenvalue weighted by Gasteiger charge is 1.97. The van der Waals surface area contributed by atoms with Crippen molar-refractivity contribution in [1.29, 1.82) is 0 Å². The van der Waals surface area contributed by atoms with E-state index in [9.17, 15) is 4.79 Å². The van der Waals surface area contributed by atoms with Crippen molar-refractivity contribution in [2.45, 2.75) is 45.4 Å². The average Bonchev–Trinajstić information content (AvgIpc) is 2.25. The molecule has 1 heteroatoms. The summed E-state index contributed by atoms with van der Waals surface area (Å²) < 4.78 is 0. The number of Topliss-reactive ketones (excluding diaryl/α,β-unsaturated/α-hetero) is 1. The zero-order valence-electron chi connectivity index (χ0n) is 9.59. The maximum Gasteiger partial charge on any atom is 0.134 e. The molecule has 0 atom stereocenters. The number of hydrogen-bond acceptors (Lipinski definition) is 1. The Balaban J connectivity index is 3.42. The Kier molecular flexibility index (Phi) is 9.86. The van der Waals surface area contributed by atoms with E-state index >= 15 is 0 Å². The van der Waals surface area contributed by atoms with E-state index < -0.39 is 0 Å². The van der Waals surface area contributed by atoms with Crippen LogP contribution in [0.2, 0.25) is 0 Å². The maximum absolute atomic E-state index is 11.2. The molecule has 0 spiro atoms. The van der Waals surface area contributed by atoms with Crippen LogP contribution in [0.15, 0.2) is 24.8 Å². The molecule has 0 N–H and O–H groups in total. The van der Waals surface area contributed by atoms with E-state index in [4.69, 9.17) is 0 Å². The van der Waals surface area contributed by atoms with Gasteiger partial charge in [-0.1, -0.05) is 18.2 Å². The molecule has 0 amide bonds. The molecule has 0 fully saturated rings. The van der Waals surface area contributed by atoms with Crippen molar-refractivity contribution in [2.75, 3.05) is 0 Å². The molecule has 0 aliphatic heterocycles. The topological polar surface area (TPSA) is 17.1 Å². The zero-order valence-corrected chi connectivity index (χ0v) is 9.59. The molecular formula is C14H20O. The highest BCUT2D eigenvalue weighted by molar-refractivity contribution is 5.78. The monoisotopic (exact) mass is 204 g/mol. The molecule has 0 saturated heterocycles. The first-order valence-corrected chi connectivity index (χ1v) is 5.50. The van der Waals surface area contributed by atoms with Crippen molar-refractivity contribution >= 4 is 5.78 Å². The van der Waals surface area contributed by atoms with E-state index in [1.807, 2.05) is 13.0 Å². The van der Waals surface area contributed by atoms with Gasteiger partial charge in [0, 0.05) is 25.7 Å². The van der Waals surface area contributed by atoms with Gasteiger partial charge in [-0.25, -0.2) is 0 Å². The van der Waals surface area contributed by atoms with Gasteiger partial charge in [-0.15, -0.1) is 18.4 Å². The van der Waals surface area contributed by atoms with Crippen molar-refractivity contribution in [3.63, 3.8) is 0 Å². The minimum Gasteiger partial charge on any atom is -0.300 e. The quantitative estimate of drug-likeness (QED) is 0.351. The van der Waals surface area contributed by atoms with Crippen LogP contribution in [0.25, 0.3) is 0 Å². The number of hydrogen-bond donors (Lipinski definition) is 0. The first-order valence-electron chi connectivity index (χ1n) is 5.50. The number of rotatable bonds is 7. The number of carbonyl (C=O) groups is 1. The summed E-state index contributed by atoms with van der Waals surface area (Å²) in [6.07, 6.45) is 10.5. The molecule has 0 rings (SSSR count).